The van der Waals surface area contributed by atoms with Gasteiger partial charge in [0.1, 0.15) is 5.82 Å². The number of halogens is 1. The van der Waals surface area contributed by atoms with Gasteiger partial charge in [-0.15, -0.1) is 11.6 Å². The van der Waals surface area contributed by atoms with Crippen molar-refractivity contribution in [2.45, 2.75) is 50.4 Å². The van der Waals surface area contributed by atoms with Gasteiger partial charge in [0, 0.05) is 17.5 Å². The van der Waals surface area contributed by atoms with Crippen molar-refractivity contribution in [2.75, 3.05) is 5.32 Å². The van der Waals surface area contributed by atoms with Crippen molar-refractivity contribution in [3.8, 4) is 0 Å². The predicted octanol–water partition coefficient (Wildman–Crippen LogP) is 3.23. The molecule has 84 valence electrons. The topological polar surface area (TPSA) is 37.8 Å². The summed E-state index contributed by atoms with van der Waals surface area (Å²) in [5.41, 5.74) is -0.151. The molecule has 1 heterocycles. The molecule has 1 atom stereocenters. The number of alkyl halides is 1. The van der Waals surface area contributed by atoms with Crippen LogP contribution in [0.25, 0.3) is 0 Å². The lowest BCUT2D eigenvalue weighted by molar-refractivity contribution is 0.554. The summed E-state index contributed by atoms with van der Waals surface area (Å²) in [6.45, 7) is 6.13. The van der Waals surface area contributed by atoms with E-state index in [0.717, 1.165) is 11.0 Å². The van der Waals surface area contributed by atoms with Gasteiger partial charge in [0.2, 0.25) is 5.13 Å². The Bertz CT molecular complexity index is 344. The lowest BCUT2D eigenvalue weighted by Crippen LogP contribution is -2.38. The first kappa shape index (κ1) is 11.1. The molecule has 1 saturated carbocycles. The molecule has 0 radical (unpaired) electrons. The molecule has 0 aliphatic heterocycles. The molecule has 0 saturated heterocycles. The monoisotopic (exact) mass is 245 g/mol. The number of rotatable bonds is 4. The average molecular weight is 246 g/mol. The van der Waals surface area contributed by atoms with Gasteiger partial charge in [-0.1, -0.05) is 0 Å². The molecule has 0 spiro atoms. The molecule has 1 aromatic rings. The number of nitrogens with one attached hydrogen (secondary N) is 1. The standard InChI is InChI=1S/C10H16ClN3S/c1-6(11)10(2,3)13-9-12-8(14-15-9)7-4-5-7/h6-7H,4-5H2,1-3H3,(H,12,13,14). The van der Waals surface area contributed by atoms with Crippen LogP contribution in [0.4, 0.5) is 5.13 Å². The number of nitrogens with zero attached hydrogens (tertiary/aromatic N) is 2. The minimum atomic E-state index is -0.151. The number of anilines is 1. The van der Waals surface area contributed by atoms with E-state index < -0.39 is 0 Å². The fourth-order valence-corrected chi connectivity index (χ4v) is 2.04. The van der Waals surface area contributed by atoms with E-state index in [4.69, 9.17) is 11.6 Å². The minimum absolute atomic E-state index is 0.0470. The highest BCUT2D eigenvalue weighted by Gasteiger charge is 2.29. The smallest absolute Gasteiger partial charge is 0.203 e. The summed E-state index contributed by atoms with van der Waals surface area (Å²) in [5.74, 6) is 1.62. The summed E-state index contributed by atoms with van der Waals surface area (Å²) in [6, 6.07) is 0. The second-order valence-corrected chi connectivity index (χ2v) is 6.10. The first-order valence-electron chi connectivity index (χ1n) is 5.25. The van der Waals surface area contributed by atoms with Crippen LogP contribution in [-0.2, 0) is 0 Å². The van der Waals surface area contributed by atoms with Crippen molar-refractivity contribution >= 4 is 28.3 Å². The zero-order valence-electron chi connectivity index (χ0n) is 9.25. The van der Waals surface area contributed by atoms with E-state index in [2.05, 4.69) is 28.5 Å². The van der Waals surface area contributed by atoms with E-state index >= 15 is 0 Å². The summed E-state index contributed by atoms with van der Waals surface area (Å²) < 4.78 is 4.35. The van der Waals surface area contributed by atoms with Gasteiger partial charge in [0.15, 0.2) is 0 Å². The van der Waals surface area contributed by atoms with Crippen molar-refractivity contribution in [3.05, 3.63) is 5.82 Å². The molecule has 1 aliphatic carbocycles. The Kier molecular flexibility index (Phi) is 2.90. The summed E-state index contributed by atoms with van der Waals surface area (Å²) in [4.78, 5) is 4.48. The molecule has 0 aromatic carbocycles. The van der Waals surface area contributed by atoms with Crippen molar-refractivity contribution in [2.24, 2.45) is 0 Å². The first-order chi connectivity index (χ1) is 6.99. The van der Waals surface area contributed by atoms with Gasteiger partial charge in [-0.2, -0.15) is 4.37 Å². The third-order valence-electron chi connectivity index (χ3n) is 2.81. The van der Waals surface area contributed by atoms with E-state index in [-0.39, 0.29) is 10.9 Å². The first-order valence-corrected chi connectivity index (χ1v) is 6.46. The molecule has 1 fully saturated rings. The molecule has 1 aliphatic rings. The molecule has 15 heavy (non-hydrogen) atoms. The highest BCUT2D eigenvalue weighted by molar-refractivity contribution is 7.09. The van der Waals surface area contributed by atoms with Crippen LogP contribution in [0.3, 0.4) is 0 Å². The van der Waals surface area contributed by atoms with Gasteiger partial charge in [-0.3, -0.25) is 0 Å². The molecule has 1 N–H and O–H groups in total. The van der Waals surface area contributed by atoms with Gasteiger partial charge in [0.25, 0.3) is 0 Å². The summed E-state index contributed by atoms with van der Waals surface area (Å²) in [6.07, 6.45) is 2.48. The molecule has 1 unspecified atom stereocenters. The Morgan fingerprint density at radius 1 is 1.53 bits per heavy atom. The SMILES string of the molecule is CC(Cl)C(C)(C)Nc1nc(C2CC2)ns1. The summed E-state index contributed by atoms with van der Waals surface area (Å²) in [7, 11) is 0. The Morgan fingerprint density at radius 3 is 2.73 bits per heavy atom. The Hall–Kier alpha value is -0.350. The second-order valence-electron chi connectivity index (χ2n) is 4.69. The van der Waals surface area contributed by atoms with E-state index in [1.54, 1.807) is 0 Å². The highest BCUT2D eigenvalue weighted by Crippen LogP contribution is 2.39. The van der Waals surface area contributed by atoms with Crippen LogP contribution < -0.4 is 5.32 Å². The van der Waals surface area contributed by atoms with E-state index in [0.29, 0.717) is 5.92 Å². The quantitative estimate of drug-likeness (QED) is 0.828. The predicted molar refractivity (Wildman–Crippen MR) is 64.9 cm³/mol. The lowest BCUT2D eigenvalue weighted by Gasteiger charge is -2.28. The van der Waals surface area contributed by atoms with Crippen LogP contribution in [-0.4, -0.2) is 20.3 Å². The van der Waals surface area contributed by atoms with Crippen molar-refractivity contribution in [3.63, 3.8) is 0 Å². The highest BCUT2D eigenvalue weighted by atomic mass is 35.5. The van der Waals surface area contributed by atoms with Crippen LogP contribution in [0.2, 0.25) is 0 Å². The van der Waals surface area contributed by atoms with Crippen molar-refractivity contribution in [1.82, 2.24) is 9.36 Å². The lowest BCUT2D eigenvalue weighted by atomic mass is 10.0. The van der Waals surface area contributed by atoms with Gasteiger partial charge in [-0.05, 0) is 33.6 Å². The van der Waals surface area contributed by atoms with Crippen LogP contribution in [0.5, 0.6) is 0 Å². The molecule has 0 amide bonds. The molecule has 2 rings (SSSR count). The van der Waals surface area contributed by atoms with E-state index in [1.807, 2.05) is 6.92 Å². The third-order valence-corrected chi connectivity index (χ3v) is 4.00. The normalized spacial score (nSPS) is 18.9. The van der Waals surface area contributed by atoms with Crippen molar-refractivity contribution in [1.29, 1.82) is 0 Å². The van der Waals surface area contributed by atoms with E-state index in [1.165, 1.54) is 24.4 Å². The minimum Gasteiger partial charge on any atom is -0.354 e. The Labute approximate surface area is 99.4 Å². The van der Waals surface area contributed by atoms with Crippen LogP contribution in [0, 0.1) is 0 Å². The number of hydrogen-bond donors (Lipinski definition) is 1. The van der Waals surface area contributed by atoms with Crippen LogP contribution in [0.15, 0.2) is 0 Å². The maximum atomic E-state index is 6.09. The molecule has 3 nitrogen and oxygen atoms in total. The fourth-order valence-electron chi connectivity index (χ4n) is 1.17. The zero-order chi connectivity index (χ0) is 11.1. The maximum Gasteiger partial charge on any atom is 0.203 e. The third kappa shape index (κ3) is 2.61. The fraction of sp³-hybridized carbons (Fsp3) is 0.800. The van der Waals surface area contributed by atoms with Gasteiger partial charge in [-0.25, -0.2) is 4.98 Å². The molecule has 5 heteroatoms. The molecular weight excluding hydrogens is 230 g/mol. The molecular formula is C10H16ClN3S. The zero-order valence-corrected chi connectivity index (χ0v) is 10.8. The van der Waals surface area contributed by atoms with Gasteiger partial charge < -0.3 is 5.32 Å². The Balaban J connectivity index is 2.03. The van der Waals surface area contributed by atoms with Gasteiger partial charge >= 0.3 is 0 Å². The van der Waals surface area contributed by atoms with Crippen LogP contribution >= 0.6 is 23.1 Å². The number of hydrogen-bond acceptors (Lipinski definition) is 4. The molecule has 0 bridgehead atoms. The summed E-state index contributed by atoms with van der Waals surface area (Å²) in [5, 5.41) is 4.26. The average Bonchev–Trinajstić information content (AvgIpc) is 2.88. The number of aromatic nitrogens is 2. The molecule has 1 aromatic heterocycles. The second kappa shape index (κ2) is 3.91. The van der Waals surface area contributed by atoms with Gasteiger partial charge in [0.05, 0.1) is 10.9 Å². The maximum absolute atomic E-state index is 6.09. The Morgan fingerprint density at radius 2 is 2.20 bits per heavy atom. The van der Waals surface area contributed by atoms with Crippen molar-refractivity contribution < 1.29 is 0 Å². The summed E-state index contributed by atoms with van der Waals surface area (Å²) >= 11 is 7.53. The van der Waals surface area contributed by atoms with E-state index in [9.17, 15) is 0 Å². The van der Waals surface area contributed by atoms with Crippen LogP contribution in [0.1, 0.15) is 45.4 Å². The largest absolute Gasteiger partial charge is 0.354 e.